The van der Waals surface area contributed by atoms with Crippen LogP contribution in [0.3, 0.4) is 0 Å². The van der Waals surface area contributed by atoms with E-state index in [0.29, 0.717) is 32.5 Å². The number of carbonyl (C=O) groups is 2. The molecule has 2 saturated heterocycles. The number of rotatable bonds is 3. The van der Waals surface area contributed by atoms with Gasteiger partial charge in [0.05, 0.1) is 6.07 Å². The van der Waals surface area contributed by atoms with E-state index in [1.54, 1.807) is 4.90 Å². The van der Waals surface area contributed by atoms with Crippen molar-refractivity contribution in [1.29, 1.82) is 5.26 Å². The van der Waals surface area contributed by atoms with Gasteiger partial charge in [0.15, 0.2) is 0 Å². The fraction of sp³-hybridized carbons (Fsp3) is 0.500. The lowest BCUT2D eigenvalue weighted by molar-refractivity contribution is -0.142. The molecule has 120 valence electrons. The molecule has 1 aromatic rings. The second-order valence-corrected chi connectivity index (χ2v) is 6.29. The average molecular weight is 311 g/mol. The summed E-state index contributed by atoms with van der Waals surface area (Å²) in [6.45, 7) is 1.74. The predicted molar refractivity (Wildman–Crippen MR) is 84.9 cm³/mol. The van der Waals surface area contributed by atoms with Gasteiger partial charge in [-0.2, -0.15) is 5.26 Å². The van der Waals surface area contributed by atoms with E-state index >= 15 is 0 Å². The van der Waals surface area contributed by atoms with E-state index in [1.807, 2.05) is 35.2 Å². The molecule has 3 rings (SSSR count). The minimum atomic E-state index is -0.346. The van der Waals surface area contributed by atoms with E-state index in [0.717, 1.165) is 18.4 Å². The minimum Gasteiger partial charge on any atom is -0.341 e. The highest BCUT2D eigenvalue weighted by atomic mass is 16.2. The third-order valence-electron chi connectivity index (χ3n) is 4.80. The Morgan fingerprint density at radius 1 is 1.17 bits per heavy atom. The average Bonchev–Trinajstić information content (AvgIpc) is 2.96. The fourth-order valence-electron chi connectivity index (χ4n) is 3.41. The van der Waals surface area contributed by atoms with Crippen LogP contribution < -0.4 is 0 Å². The molecule has 23 heavy (non-hydrogen) atoms. The lowest BCUT2D eigenvalue weighted by Crippen LogP contribution is -2.48. The normalized spacial score (nSPS) is 22.2. The Labute approximate surface area is 136 Å². The van der Waals surface area contributed by atoms with Crippen molar-refractivity contribution in [2.24, 2.45) is 5.92 Å². The Bertz CT molecular complexity index is 615. The summed E-state index contributed by atoms with van der Waals surface area (Å²) in [7, 11) is 0. The highest BCUT2D eigenvalue weighted by molar-refractivity contribution is 5.91. The molecule has 0 radical (unpaired) electrons. The molecule has 2 amide bonds. The van der Waals surface area contributed by atoms with Crippen molar-refractivity contribution in [1.82, 2.24) is 9.80 Å². The molecule has 5 heteroatoms. The Morgan fingerprint density at radius 3 is 2.52 bits per heavy atom. The monoisotopic (exact) mass is 311 g/mol. The number of hydrogen-bond donors (Lipinski definition) is 0. The van der Waals surface area contributed by atoms with Crippen LogP contribution in [-0.4, -0.2) is 40.7 Å². The first-order chi connectivity index (χ1) is 11.2. The van der Waals surface area contributed by atoms with E-state index in [1.165, 1.54) is 0 Å². The van der Waals surface area contributed by atoms with Crippen molar-refractivity contribution >= 4 is 11.8 Å². The molecule has 0 N–H and O–H groups in total. The Kier molecular flexibility index (Phi) is 4.61. The Morgan fingerprint density at radius 2 is 1.87 bits per heavy atom. The zero-order valence-corrected chi connectivity index (χ0v) is 13.1. The third kappa shape index (κ3) is 3.37. The number of hydrogen-bond acceptors (Lipinski definition) is 3. The maximum atomic E-state index is 12.8. The number of likely N-dealkylation sites (tertiary alicyclic amines) is 2. The number of benzene rings is 1. The van der Waals surface area contributed by atoms with Gasteiger partial charge in [-0.3, -0.25) is 9.59 Å². The van der Waals surface area contributed by atoms with Gasteiger partial charge in [-0.15, -0.1) is 0 Å². The van der Waals surface area contributed by atoms with Gasteiger partial charge in [-0.1, -0.05) is 30.3 Å². The Balaban J connectivity index is 1.67. The van der Waals surface area contributed by atoms with E-state index < -0.39 is 0 Å². The molecular weight excluding hydrogens is 290 g/mol. The zero-order valence-electron chi connectivity index (χ0n) is 13.1. The number of piperidine rings is 1. The highest BCUT2D eigenvalue weighted by Gasteiger charge is 2.38. The summed E-state index contributed by atoms with van der Waals surface area (Å²) in [5.41, 5.74) is 1.05. The van der Waals surface area contributed by atoms with Crippen LogP contribution in [0, 0.1) is 17.2 Å². The Hall–Kier alpha value is -2.35. The number of nitriles is 1. The van der Waals surface area contributed by atoms with E-state index in [9.17, 15) is 9.59 Å². The molecule has 0 aromatic heterocycles. The van der Waals surface area contributed by atoms with Crippen molar-refractivity contribution in [3.63, 3.8) is 0 Å². The quantitative estimate of drug-likeness (QED) is 0.857. The van der Waals surface area contributed by atoms with Gasteiger partial charge in [-0.05, 0) is 24.8 Å². The summed E-state index contributed by atoms with van der Waals surface area (Å²) in [4.78, 5) is 28.5. The van der Waals surface area contributed by atoms with Crippen LogP contribution in [0.4, 0.5) is 0 Å². The van der Waals surface area contributed by atoms with Crippen molar-refractivity contribution in [3.05, 3.63) is 35.9 Å². The van der Waals surface area contributed by atoms with Crippen LogP contribution in [0.5, 0.6) is 0 Å². The molecule has 0 bridgehead atoms. The number of nitrogens with zero attached hydrogens (tertiary/aromatic N) is 3. The second-order valence-electron chi connectivity index (χ2n) is 6.29. The molecule has 0 spiro atoms. The van der Waals surface area contributed by atoms with Gasteiger partial charge in [-0.25, -0.2) is 0 Å². The largest absolute Gasteiger partial charge is 0.341 e. The van der Waals surface area contributed by atoms with E-state index in [-0.39, 0.29) is 23.8 Å². The van der Waals surface area contributed by atoms with Crippen LogP contribution in [0.1, 0.15) is 31.2 Å². The molecule has 2 heterocycles. The molecule has 0 aliphatic carbocycles. The maximum absolute atomic E-state index is 12.8. The molecule has 2 aliphatic rings. The minimum absolute atomic E-state index is 0.0446. The van der Waals surface area contributed by atoms with Crippen LogP contribution in [0.2, 0.25) is 0 Å². The standard InChI is InChI=1S/C18H21N3O2/c19-12-14-8-10-20(11-9-14)18(23)16-6-7-17(22)21(16)13-15-4-2-1-3-5-15/h1-5,14,16H,6-11,13H2. The van der Waals surface area contributed by atoms with E-state index in [4.69, 9.17) is 5.26 Å². The van der Waals surface area contributed by atoms with Crippen molar-refractivity contribution in [3.8, 4) is 6.07 Å². The van der Waals surface area contributed by atoms with Crippen LogP contribution >= 0.6 is 0 Å². The van der Waals surface area contributed by atoms with Crippen LogP contribution in [-0.2, 0) is 16.1 Å². The predicted octanol–water partition coefficient (Wildman–Crippen LogP) is 1.94. The van der Waals surface area contributed by atoms with E-state index in [2.05, 4.69) is 6.07 Å². The van der Waals surface area contributed by atoms with Gasteiger partial charge in [0.25, 0.3) is 0 Å². The summed E-state index contributed by atoms with van der Waals surface area (Å²) in [6.07, 6.45) is 2.52. The van der Waals surface area contributed by atoms with Crippen LogP contribution in [0.25, 0.3) is 0 Å². The highest BCUT2D eigenvalue weighted by Crippen LogP contribution is 2.25. The summed E-state index contributed by atoms with van der Waals surface area (Å²) in [5.74, 6) is 0.159. The van der Waals surface area contributed by atoms with Gasteiger partial charge in [0.2, 0.25) is 11.8 Å². The fourth-order valence-corrected chi connectivity index (χ4v) is 3.41. The van der Waals surface area contributed by atoms with Crippen molar-refractivity contribution < 1.29 is 9.59 Å². The smallest absolute Gasteiger partial charge is 0.245 e. The van der Waals surface area contributed by atoms with Crippen molar-refractivity contribution in [2.45, 2.75) is 38.3 Å². The lowest BCUT2D eigenvalue weighted by atomic mass is 9.98. The molecule has 0 saturated carbocycles. The molecule has 1 aromatic carbocycles. The first kappa shape index (κ1) is 15.5. The summed E-state index contributed by atoms with van der Waals surface area (Å²) in [6, 6.07) is 11.7. The second kappa shape index (κ2) is 6.82. The van der Waals surface area contributed by atoms with Gasteiger partial charge < -0.3 is 9.80 Å². The van der Waals surface area contributed by atoms with Crippen molar-refractivity contribution in [2.75, 3.05) is 13.1 Å². The first-order valence-corrected chi connectivity index (χ1v) is 8.21. The lowest BCUT2D eigenvalue weighted by Gasteiger charge is -2.34. The van der Waals surface area contributed by atoms with Gasteiger partial charge in [0, 0.05) is 32.0 Å². The first-order valence-electron chi connectivity index (χ1n) is 8.21. The molecule has 1 unspecified atom stereocenters. The molecule has 1 atom stereocenters. The van der Waals surface area contributed by atoms with Crippen LogP contribution in [0.15, 0.2) is 30.3 Å². The topological polar surface area (TPSA) is 64.4 Å². The molecule has 2 fully saturated rings. The number of carbonyl (C=O) groups excluding carboxylic acids is 2. The zero-order chi connectivity index (χ0) is 16.2. The summed E-state index contributed by atoms with van der Waals surface area (Å²) in [5, 5.41) is 8.96. The maximum Gasteiger partial charge on any atom is 0.245 e. The molecule has 2 aliphatic heterocycles. The number of amides is 2. The summed E-state index contributed by atoms with van der Waals surface area (Å²) < 4.78 is 0. The van der Waals surface area contributed by atoms with Gasteiger partial charge in [0.1, 0.15) is 6.04 Å². The molecule has 5 nitrogen and oxygen atoms in total. The van der Waals surface area contributed by atoms with Gasteiger partial charge >= 0.3 is 0 Å². The SMILES string of the molecule is N#CC1CCN(C(=O)C2CCC(=O)N2Cc2ccccc2)CC1. The third-order valence-corrected chi connectivity index (χ3v) is 4.80. The summed E-state index contributed by atoms with van der Waals surface area (Å²) >= 11 is 0. The molecular formula is C18H21N3O2.